The van der Waals surface area contributed by atoms with Crippen molar-refractivity contribution in [1.82, 2.24) is 9.97 Å². The fourth-order valence-corrected chi connectivity index (χ4v) is 6.60. The third kappa shape index (κ3) is 4.51. The van der Waals surface area contributed by atoms with E-state index in [1.54, 1.807) is 50.4 Å². The van der Waals surface area contributed by atoms with E-state index in [0.29, 0.717) is 44.0 Å². The Kier molecular flexibility index (Phi) is 6.57. The number of carbonyl (C=O) groups excluding carboxylic acids is 2. The van der Waals surface area contributed by atoms with Crippen molar-refractivity contribution < 1.29 is 24.2 Å². The zero-order valence-electron chi connectivity index (χ0n) is 21.7. The Balaban J connectivity index is 1.49. The van der Waals surface area contributed by atoms with E-state index in [0.717, 1.165) is 9.71 Å². The maximum absolute atomic E-state index is 13.9. The summed E-state index contributed by atoms with van der Waals surface area (Å²) < 4.78 is 12.2. The number of ketones is 1. The summed E-state index contributed by atoms with van der Waals surface area (Å²) in [6, 6.07) is 21.0. The van der Waals surface area contributed by atoms with Crippen LogP contribution in [0.4, 0.5) is 5.13 Å². The zero-order valence-corrected chi connectivity index (χ0v) is 23.4. The van der Waals surface area contributed by atoms with Crippen LogP contribution in [0.5, 0.6) is 17.2 Å². The van der Waals surface area contributed by atoms with Crippen molar-refractivity contribution in [2.24, 2.45) is 0 Å². The van der Waals surface area contributed by atoms with E-state index in [4.69, 9.17) is 9.47 Å². The Morgan fingerprint density at radius 2 is 1.70 bits per heavy atom. The number of aliphatic hydroxyl groups excluding tert-OH is 1. The number of hydrogen-bond donors (Lipinski definition) is 1. The number of benzene rings is 3. The largest absolute Gasteiger partial charge is 0.503 e. The van der Waals surface area contributed by atoms with E-state index in [-0.39, 0.29) is 5.57 Å². The standard InChI is InChI=1S/C30H23N3O5S2/c1-16-28(39-17(2)31-16)26(34)24-25(18-8-7-11-21(14-18)38-19-9-5-4-6-10-19)33(29(36)27(24)35)30-32-22-13-12-20(37-3)15-23(22)40-30/h4-15,25,35H,1-3H3. The predicted molar refractivity (Wildman–Crippen MR) is 155 cm³/mol. The van der Waals surface area contributed by atoms with Crippen LogP contribution in [-0.2, 0) is 4.79 Å². The van der Waals surface area contributed by atoms with Gasteiger partial charge < -0.3 is 14.6 Å². The Bertz CT molecular complexity index is 1810. The molecule has 0 fully saturated rings. The molecule has 2 aromatic heterocycles. The number of aryl methyl sites for hydroxylation is 2. The molecule has 200 valence electrons. The molecule has 3 heterocycles. The Morgan fingerprint density at radius 1 is 0.925 bits per heavy atom. The molecule has 8 nitrogen and oxygen atoms in total. The van der Waals surface area contributed by atoms with Gasteiger partial charge in [-0.05, 0) is 61.9 Å². The van der Waals surface area contributed by atoms with E-state index in [1.807, 2.05) is 43.3 Å². The second-order valence-electron chi connectivity index (χ2n) is 9.13. The number of aromatic nitrogens is 2. The number of hydrogen-bond acceptors (Lipinski definition) is 9. The van der Waals surface area contributed by atoms with Gasteiger partial charge >= 0.3 is 0 Å². The van der Waals surface area contributed by atoms with Gasteiger partial charge in [-0.15, -0.1) is 11.3 Å². The van der Waals surface area contributed by atoms with Crippen molar-refractivity contribution in [2.75, 3.05) is 12.0 Å². The molecule has 1 N–H and O–H groups in total. The van der Waals surface area contributed by atoms with Crippen LogP contribution in [0.25, 0.3) is 10.2 Å². The van der Waals surface area contributed by atoms with Crippen molar-refractivity contribution in [3.05, 3.63) is 105 Å². The van der Waals surface area contributed by atoms with Crippen LogP contribution in [0, 0.1) is 13.8 Å². The molecule has 1 atom stereocenters. The molecule has 3 aromatic carbocycles. The highest BCUT2D eigenvalue weighted by Gasteiger charge is 2.46. The van der Waals surface area contributed by atoms with Crippen molar-refractivity contribution in [3.63, 3.8) is 0 Å². The maximum atomic E-state index is 13.9. The highest BCUT2D eigenvalue weighted by molar-refractivity contribution is 7.22. The summed E-state index contributed by atoms with van der Waals surface area (Å²) in [6.45, 7) is 3.55. The second kappa shape index (κ2) is 10.2. The minimum Gasteiger partial charge on any atom is -0.503 e. The minimum atomic E-state index is -0.941. The van der Waals surface area contributed by atoms with E-state index >= 15 is 0 Å². The summed E-state index contributed by atoms with van der Waals surface area (Å²) in [6.07, 6.45) is 0. The quantitative estimate of drug-likeness (QED) is 0.212. The Hall–Kier alpha value is -4.54. The van der Waals surface area contributed by atoms with Gasteiger partial charge in [-0.2, -0.15) is 0 Å². The molecular formula is C30H23N3O5S2. The lowest BCUT2D eigenvalue weighted by Crippen LogP contribution is -2.31. The van der Waals surface area contributed by atoms with Gasteiger partial charge in [-0.25, -0.2) is 9.97 Å². The number of carbonyl (C=O) groups is 2. The average Bonchev–Trinajstić information content (AvgIpc) is 3.61. The number of fused-ring (bicyclic) bond motifs is 1. The number of para-hydroxylation sites is 1. The molecule has 0 spiro atoms. The molecule has 1 aliphatic rings. The Labute approximate surface area is 237 Å². The first-order valence-corrected chi connectivity index (χ1v) is 14.0. The molecule has 0 bridgehead atoms. The van der Waals surface area contributed by atoms with E-state index in [9.17, 15) is 14.7 Å². The van der Waals surface area contributed by atoms with Crippen molar-refractivity contribution >= 4 is 49.7 Å². The maximum Gasteiger partial charge on any atom is 0.296 e. The third-order valence-corrected chi connectivity index (χ3v) is 8.59. The lowest BCUT2D eigenvalue weighted by Gasteiger charge is -2.24. The van der Waals surface area contributed by atoms with Crippen LogP contribution in [-0.4, -0.2) is 33.9 Å². The molecule has 1 amide bonds. The molecule has 1 aliphatic heterocycles. The summed E-state index contributed by atoms with van der Waals surface area (Å²) >= 11 is 2.51. The number of methoxy groups -OCH3 is 1. The molecule has 10 heteroatoms. The number of Topliss-reactive ketones (excluding diaryl/α,β-unsaturated/α-hetero) is 1. The first-order valence-electron chi connectivity index (χ1n) is 12.4. The van der Waals surface area contributed by atoms with Gasteiger partial charge in [0.05, 0.1) is 44.5 Å². The third-order valence-electron chi connectivity index (χ3n) is 6.51. The summed E-state index contributed by atoms with van der Waals surface area (Å²) in [5.41, 5.74) is 1.78. The van der Waals surface area contributed by atoms with Gasteiger partial charge in [-0.1, -0.05) is 41.7 Å². The smallest absolute Gasteiger partial charge is 0.296 e. The summed E-state index contributed by atoms with van der Waals surface area (Å²) in [5, 5.41) is 12.3. The van der Waals surface area contributed by atoms with Gasteiger partial charge in [0.15, 0.2) is 10.9 Å². The highest BCUT2D eigenvalue weighted by Crippen LogP contribution is 2.45. The number of ether oxygens (including phenoxy) is 2. The number of aliphatic hydroxyl groups is 1. The van der Waals surface area contributed by atoms with Gasteiger partial charge in [0.1, 0.15) is 17.2 Å². The molecular weight excluding hydrogens is 546 g/mol. The average molecular weight is 570 g/mol. The molecule has 40 heavy (non-hydrogen) atoms. The van der Waals surface area contributed by atoms with Gasteiger partial charge in [-0.3, -0.25) is 14.5 Å². The number of amides is 1. The van der Waals surface area contributed by atoms with Crippen LogP contribution in [0.15, 0.2) is 84.1 Å². The molecule has 5 aromatic rings. The van der Waals surface area contributed by atoms with Crippen LogP contribution in [0.3, 0.4) is 0 Å². The topological polar surface area (TPSA) is 102 Å². The molecule has 6 rings (SSSR count). The van der Waals surface area contributed by atoms with Crippen LogP contribution in [0.1, 0.15) is 32.0 Å². The van der Waals surface area contributed by atoms with Crippen LogP contribution >= 0.6 is 22.7 Å². The SMILES string of the molecule is COc1ccc2nc(N3C(=O)C(O)=C(C(=O)c4sc(C)nc4C)C3c3cccc(Oc4ccccc4)c3)sc2c1. The summed E-state index contributed by atoms with van der Waals surface area (Å²) in [5.74, 6) is 0.0706. The Morgan fingerprint density at radius 3 is 2.42 bits per heavy atom. The summed E-state index contributed by atoms with van der Waals surface area (Å²) in [4.78, 5) is 38.4. The first kappa shape index (κ1) is 25.7. The predicted octanol–water partition coefficient (Wildman–Crippen LogP) is 6.95. The van der Waals surface area contributed by atoms with Crippen molar-refractivity contribution in [3.8, 4) is 17.2 Å². The van der Waals surface area contributed by atoms with E-state index in [1.165, 1.54) is 27.6 Å². The number of rotatable bonds is 7. The lowest BCUT2D eigenvalue weighted by molar-refractivity contribution is -0.117. The fraction of sp³-hybridized carbons (Fsp3) is 0.133. The lowest BCUT2D eigenvalue weighted by atomic mass is 9.95. The minimum absolute atomic E-state index is 0.0227. The molecule has 0 aliphatic carbocycles. The second-order valence-corrected chi connectivity index (χ2v) is 11.3. The molecule has 0 saturated heterocycles. The van der Waals surface area contributed by atoms with Gasteiger partial charge in [0, 0.05) is 0 Å². The van der Waals surface area contributed by atoms with Gasteiger partial charge in [0.25, 0.3) is 5.91 Å². The highest BCUT2D eigenvalue weighted by atomic mass is 32.1. The molecule has 0 saturated carbocycles. The zero-order chi connectivity index (χ0) is 28.0. The van der Waals surface area contributed by atoms with E-state index < -0.39 is 23.5 Å². The molecule has 1 unspecified atom stereocenters. The van der Waals surface area contributed by atoms with E-state index in [2.05, 4.69) is 9.97 Å². The molecule has 0 radical (unpaired) electrons. The van der Waals surface area contributed by atoms with Gasteiger partial charge in [0.2, 0.25) is 5.78 Å². The summed E-state index contributed by atoms with van der Waals surface area (Å²) in [7, 11) is 1.58. The first-order chi connectivity index (χ1) is 19.3. The number of anilines is 1. The number of thiazole rings is 2. The monoisotopic (exact) mass is 569 g/mol. The van der Waals surface area contributed by atoms with Crippen LogP contribution in [0.2, 0.25) is 0 Å². The van der Waals surface area contributed by atoms with Crippen molar-refractivity contribution in [1.29, 1.82) is 0 Å². The van der Waals surface area contributed by atoms with Crippen LogP contribution < -0.4 is 14.4 Å². The fourth-order valence-electron chi connectivity index (χ4n) is 4.71. The van der Waals surface area contributed by atoms with Crippen molar-refractivity contribution in [2.45, 2.75) is 19.9 Å². The normalized spacial score (nSPS) is 15.2. The number of nitrogens with zero attached hydrogens (tertiary/aromatic N) is 3.